The van der Waals surface area contributed by atoms with Gasteiger partial charge in [-0.2, -0.15) is 0 Å². The topological polar surface area (TPSA) is 24.7 Å². The van der Waals surface area contributed by atoms with Gasteiger partial charge in [-0.05, 0) is 25.7 Å². The lowest BCUT2D eigenvalue weighted by Crippen LogP contribution is -2.23. The monoisotopic (exact) mass is 136 g/mol. The van der Waals surface area contributed by atoms with E-state index in [9.17, 15) is 0 Å². The molecule has 0 spiro atoms. The van der Waals surface area contributed by atoms with Gasteiger partial charge in [0.25, 0.3) is 0 Å². The Hall–Kier alpha value is -0.660. The Morgan fingerprint density at radius 3 is 1.80 bits per heavy atom. The Morgan fingerprint density at radius 2 is 1.30 bits per heavy atom. The second-order valence-corrected chi connectivity index (χ2v) is 2.86. The van der Waals surface area contributed by atoms with Crippen molar-refractivity contribution in [2.45, 2.75) is 25.7 Å². The zero-order valence-corrected chi connectivity index (χ0v) is 6.14. The fraction of sp³-hybridized carbons (Fsp3) is 0.750. The first-order valence-corrected chi connectivity index (χ1v) is 4.04. The average Bonchev–Trinajstić information content (AvgIpc) is 2.05. The minimum atomic E-state index is 0.929. The molecule has 0 N–H and O–H groups in total. The molecule has 0 aromatic rings. The van der Waals surface area contributed by atoms with Crippen molar-refractivity contribution in [3.05, 3.63) is 0 Å². The molecule has 0 unspecified atom stereocenters. The summed E-state index contributed by atoms with van der Waals surface area (Å²) in [5.74, 6) is 0. The average molecular weight is 136 g/mol. The number of hydrogen-bond acceptors (Lipinski definition) is 2. The minimum Gasteiger partial charge on any atom is -0.286 e. The van der Waals surface area contributed by atoms with Crippen LogP contribution in [0.1, 0.15) is 25.7 Å². The third-order valence-electron chi connectivity index (χ3n) is 2.12. The van der Waals surface area contributed by atoms with E-state index in [0.717, 1.165) is 13.1 Å². The van der Waals surface area contributed by atoms with Crippen LogP contribution in [0, 0.1) is 0 Å². The number of rotatable bonds is 0. The highest BCUT2D eigenvalue weighted by atomic mass is 14.9. The summed E-state index contributed by atoms with van der Waals surface area (Å²) in [6, 6.07) is 0. The second kappa shape index (κ2) is 2.52. The van der Waals surface area contributed by atoms with Gasteiger partial charge in [-0.3, -0.25) is 9.98 Å². The molecule has 2 nitrogen and oxygen atoms in total. The van der Waals surface area contributed by atoms with Crippen LogP contribution < -0.4 is 0 Å². The van der Waals surface area contributed by atoms with Crippen molar-refractivity contribution in [3.8, 4) is 0 Å². The Balaban J connectivity index is 2.19. The zero-order valence-electron chi connectivity index (χ0n) is 6.14. The van der Waals surface area contributed by atoms with Crippen molar-refractivity contribution in [1.82, 2.24) is 0 Å². The van der Waals surface area contributed by atoms with Gasteiger partial charge in [0.15, 0.2) is 0 Å². The molecule has 54 valence electrons. The van der Waals surface area contributed by atoms with Crippen molar-refractivity contribution < 1.29 is 0 Å². The van der Waals surface area contributed by atoms with Crippen LogP contribution in [0.25, 0.3) is 0 Å². The summed E-state index contributed by atoms with van der Waals surface area (Å²) in [6.07, 6.45) is 4.99. The van der Waals surface area contributed by atoms with Crippen molar-refractivity contribution >= 4 is 11.4 Å². The molecule has 10 heavy (non-hydrogen) atoms. The predicted octanol–water partition coefficient (Wildman–Crippen LogP) is 1.46. The van der Waals surface area contributed by atoms with Crippen LogP contribution in [0.5, 0.6) is 0 Å². The smallest absolute Gasteiger partial charge is 0.0589 e. The Bertz CT molecular complexity index is 169. The van der Waals surface area contributed by atoms with Gasteiger partial charge in [-0.1, -0.05) is 0 Å². The van der Waals surface area contributed by atoms with Crippen molar-refractivity contribution in [2.24, 2.45) is 9.98 Å². The predicted molar refractivity (Wildman–Crippen MR) is 43.1 cm³/mol. The maximum atomic E-state index is 4.44. The Morgan fingerprint density at radius 1 is 0.800 bits per heavy atom. The fourth-order valence-corrected chi connectivity index (χ4v) is 1.58. The van der Waals surface area contributed by atoms with E-state index >= 15 is 0 Å². The van der Waals surface area contributed by atoms with Crippen molar-refractivity contribution in [2.75, 3.05) is 13.1 Å². The highest BCUT2D eigenvalue weighted by Crippen LogP contribution is 2.15. The molecule has 1 aliphatic heterocycles. The maximum absolute atomic E-state index is 4.44. The largest absolute Gasteiger partial charge is 0.286 e. The molecule has 0 aromatic carbocycles. The van der Waals surface area contributed by atoms with E-state index in [0.29, 0.717) is 0 Å². The molecule has 0 bridgehead atoms. The highest BCUT2D eigenvalue weighted by Gasteiger charge is 2.15. The molecule has 0 atom stereocenters. The molecule has 2 aliphatic rings. The first-order valence-electron chi connectivity index (χ1n) is 4.04. The third kappa shape index (κ3) is 0.981. The molecule has 0 saturated heterocycles. The van der Waals surface area contributed by atoms with Gasteiger partial charge in [0, 0.05) is 0 Å². The van der Waals surface area contributed by atoms with Crippen LogP contribution in [0.15, 0.2) is 9.98 Å². The lowest BCUT2D eigenvalue weighted by molar-refractivity contribution is 0.760. The van der Waals surface area contributed by atoms with Crippen LogP contribution in [0.2, 0.25) is 0 Å². The molecule has 1 aliphatic carbocycles. The van der Waals surface area contributed by atoms with Gasteiger partial charge in [0.05, 0.1) is 24.5 Å². The molecule has 2 heteroatoms. The molecule has 0 amide bonds. The van der Waals surface area contributed by atoms with Gasteiger partial charge < -0.3 is 0 Å². The van der Waals surface area contributed by atoms with E-state index in [-0.39, 0.29) is 0 Å². The lowest BCUT2D eigenvalue weighted by Gasteiger charge is -2.18. The summed E-state index contributed by atoms with van der Waals surface area (Å²) in [4.78, 5) is 8.87. The highest BCUT2D eigenvalue weighted by molar-refractivity contribution is 6.43. The summed E-state index contributed by atoms with van der Waals surface area (Å²) in [7, 11) is 0. The van der Waals surface area contributed by atoms with E-state index in [2.05, 4.69) is 9.98 Å². The molecular weight excluding hydrogens is 124 g/mol. The number of fused-ring (bicyclic) bond motifs is 1. The zero-order chi connectivity index (χ0) is 6.81. The van der Waals surface area contributed by atoms with Gasteiger partial charge in [-0.15, -0.1) is 0 Å². The van der Waals surface area contributed by atoms with E-state index < -0.39 is 0 Å². The summed E-state index contributed by atoms with van der Waals surface area (Å²) in [6.45, 7) is 1.86. The summed E-state index contributed by atoms with van der Waals surface area (Å²) in [5.41, 5.74) is 2.61. The molecule has 0 radical (unpaired) electrons. The molecule has 1 fully saturated rings. The van der Waals surface area contributed by atoms with Gasteiger partial charge in [0.2, 0.25) is 0 Å². The quantitative estimate of drug-likeness (QED) is 0.481. The van der Waals surface area contributed by atoms with Crippen LogP contribution in [-0.2, 0) is 0 Å². The summed E-state index contributed by atoms with van der Waals surface area (Å²) >= 11 is 0. The van der Waals surface area contributed by atoms with Gasteiger partial charge in [-0.25, -0.2) is 0 Å². The molecule has 1 heterocycles. The van der Waals surface area contributed by atoms with E-state index in [4.69, 9.17) is 0 Å². The molecular formula is C8H12N2. The normalized spacial score (nSPS) is 24.8. The SMILES string of the molecule is C1CCC2=NCCN=C2C1. The number of nitrogens with zero attached hydrogens (tertiary/aromatic N) is 2. The minimum absolute atomic E-state index is 0.929. The fourth-order valence-electron chi connectivity index (χ4n) is 1.58. The summed E-state index contributed by atoms with van der Waals surface area (Å²) in [5, 5.41) is 0. The number of hydrogen-bond donors (Lipinski definition) is 0. The third-order valence-corrected chi connectivity index (χ3v) is 2.12. The Kier molecular flexibility index (Phi) is 1.53. The van der Waals surface area contributed by atoms with E-state index in [1.54, 1.807) is 0 Å². The lowest BCUT2D eigenvalue weighted by atomic mass is 9.95. The van der Waals surface area contributed by atoms with Gasteiger partial charge >= 0.3 is 0 Å². The first-order chi connectivity index (χ1) is 4.97. The second-order valence-electron chi connectivity index (χ2n) is 2.86. The first kappa shape index (κ1) is 6.08. The van der Waals surface area contributed by atoms with E-state index in [1.165, 1.54) is 37.1 Å². The standard InChI is InChI=1S/C8H12N2/c1-2-4-8-7(3-1)9-5-6-10-8/h1-6H2. The van der Waals surface area contributed by atoms with Gasteiger partial charge in [0.1, 0.15) is 0 Å². The summed E-state index contributed by atoms with van der Waals surface area (Å²) < 4.78 is 0. The maximum Gasteiger partial charge on any atom is 0.0589 e. The van der Waals surface area contributed by atoms with Crippen molar-refractivity contribution in [1.29, 1.82) is 0 Å². The van der Waals surface area contributed by atoms with E-state index in [1.807, 2.05) is 0 Å². The molecule has 1 saturated carbocycles. The number of aliphatic imine (C=N–C) groups is 2. The van der Waals surface area contributed by atoms with Crippen LogP contribution in [0.3, 0.4) is 0 Å². The Labute approximate surface area is 61.1 Å². The molecule has 2 rings (SSSR count). The van der Waals surface area contributed by atoms with Crippen molar-refractivity contribution in [3.63, 3.8) is 0 Å². The van der Waals surface area contributed by atoms with Crippen LogP contribution in [0.4, 0.5) is 0 Å². The molecule has 0 aromatic heterocycles. The van der Waals surface area contributed by atoms with Crippen LogP contribution >= 0.6 is 0 Å². The van der Waals surface area contributed by atoms with Crippen LogP contribution in [-0.4, -0.2) is 24.5 Å².